The molecule has 1 atom stereocenters. The number of hydrogen-bond donors (Lipinski definition) is 1. The van der Waals surface area contributed by atoms with Crippen molar-refractivity contribution in [2.75, 3.05) is 6.61 Å². The number of non-ortho nitro benzene ring substituents is 1. The summed E-state index contributed by atoms with van der Waals surface area (Å²) >= 11 is 3.34. The smallest absolute Gasteiger partial charge is 0.343 e. The molecule has 1 unspecified atom stereocenters. The highest BCUT2D eigenvalue weighted by molar-refractivity contribution is 9.10. The number of nitro benzene ring substituents is 1. The Morgan fingerprint density at radius 2 is 1.85 bits per heavy atom. The third kappa shape index (κ3) is 5.38. The second-order valence-electron chi connectivity index (χ2n) is 6.97. The van der Waals surface area contributed by atoms with Crippen LogP contribution in [0, 0.1) is 10.1 Å². The van der Waals surface area contributed by atoms with E-state index < -0.39 is 22.9 Å². The summed E-state index contributed by atoms with van der Waals surface area (Å²) in [5.74, 6) is -0.0165. The zero-order valence-corrected chi connectivity index (χ0v) is 18.9. The van der Waals surface area contributed by atoms with Crippen LogP contribution in [0.5, 0.6) is 17.2 Å². The second kappa shape index (κ2) is 10.1. The van der Waals surface area contributed by atoms with Gasteiger partial charge in [-0.3, -0.25) is 14.9 Å². The summed E-state index contributed by atoms with van der Waals surface area (Å²) in [7, 11) is 0. The summed E-state index contributed by atoms with van der Waals surface area (Å²) in [6.07, 6.45) is 0.438. The summed E-state index contributed by atoms with van der Waals surface area (Å²) in [5.41, 5.74) is 2.78. The van der Waals surface area contributed by atoms with Gasteiger partial charge in [-0.2, -0.15) is 5.10 Å². The standard InChI is InChI=1S/C23H16BrN3O7/c24-16-7-10-18(34-23(29)14-5-8-17(9-6-14)27(30)31)15(11-16)12-25-26-22(28)21-13-32-19-3-1-2-4-20(19)33-21/h1-12,21H,13H2,(H,26,28). The number of carbonyl (C=O) groups is 2. The molecule has 34 heavy (non-hydrogen) atoms. The summed E-state index contributed by atoms with van der Waals surface area (Å²) in [6, 6.07) is 16.9. The van der Waals surface area contributed by atoms with Gasteiger partial charge >= 0.3 is 5.97 Å². The van der Waals surface area contributed by atoms with E-state index in [0.29, 0.717) is 21.5 Å². The first-order chi connectivity index (χ1) is 16.4. The van der Waals surface area contributed by atoms with Crippen molar-refractivity contribution in [2.24, 2.45) is 5.10 Å². The number of rotatable bonds is 6. The molecule has 3 aromatic rings. The van der Waals surface area contributed by atoms with Gasteiger partial charge in [0.2, 0.25) is 6.10 Å². The van der Waals surface area contributed by atoms with Gasteiger partial charge in [-0.05, 0) is 42.5 Å². The van der Waals surface area contributed by atoms with Gasteiger partial charge < -0.3 is 14.2 Å². The zero-order valence-electron chi connectivity index (χ0n) is 17.3. The van der Waals surface area contributed by atoms with Gasteiger partial charge in [0.25, 0.3) is 11.6 Å². The molecule has 10 nitrogen and oxygen atoms in total. The van der Waals surface area contributed by atoms with Gasteiger partial charge in [-0.25, -0.2) is 10.2 Å². The van der Waals surface area contributed by atoms with Crippen LogP contribution in [0.2, 0.25) is 0 Å². The number of hydrazone groups is 1. The van der Waals surface area contributed by atoms with Gasteiger partial charge in [0.1, 0.15) is 12.4 Å². The molecule has 0 saturated heterocycles. The molecule has 0 fully saturated rings. The van der Waals surface area contributed by atoms with Crippen molar-refractivity contribution in [2.45, 2.75) is 6.10 Å². The molecule has 3 aromatic carbocycles. The lowest BCUT2D eigenvalue weighted by atomic mass is 10.2. The molecule has 172 valence electrons. The average Bonchev–Trinajstić information content (AvgIpc) is 2.85. The summed E-state index contributed by atoms with van der Waals surface area (Å²) in [5, 5.41) is 14.7. The number of nitrogens with one attached hydrogen (secondary N) is 1. The first-order valence-corrected chi connectivity index (χ1v) is 10.7. The molecule has 0 spiro atoms. The predicted molar refractivity (Wildman–Crippen MR) is 124 cm³/mol. The van der Waals surface area contributed by atoms with Crippen LogP contribution in [0.15, 0.2) is 76.3 Å². The molecule has 1 amide bonds. The third-order valence-electron chi connectivity index (χ3n) is 4.67. The zero-order chi connectivity index (χ0) is 24.1. The van der Waals surface area contributed by atoms with E-state index in [1.165, 1.54) is 30.5 Å². The van der Waals surface area contributed by atoms with E-state index in [2.05, 4.69) is 26.5 Å². The Morgan fingerprint density at radius 3 is 2.59 bits per heavy atom. The van der Waals surface area contributed by atoms with Crippen LogP contribution in [0.3, 0.4) is 0 Å². The molecular weight excluding hydrogens is 510 g/mol. The van der Waals surface area contributed by atoms with E-state index in [4.69, 9.17) is 14.2 Å². The Bertz CT molecular complexity index is 1280. The molecular formula is C23H16BrN3O7. The first kappa shape index (κ1) is 22.9. The Labute approximate surface area is 201 Å². The van der Waals surface area contributed by atoms with E-state index in [9.17, 15) is 19.7 Å². The number of hydrogen-bond acceptors (Lipinski definition) is 8. The van der Waals surface area contributed by atoms with E-state index in [1.54, 1.807) is 42.5 Å². The van der Waals surface area contributed by atoms with Crippen LogP contribution >= 0.6 is 15.9 Å². The molecule has 0 aromatic heterocycles. The Kier molecular flexibility index (Phi) is 6.83. The highest BCUT2D eigenvalue weighted by Gasteiger charge is 2.27. The molecule has 1 aliphatic rings. The van der Waals surface area contributed by atoms with Crippen LogP contribution in [0.25, 0.3) is 0 Å². The van der Waals surface area contributed by atoms with Crippen LogP contribution < -0.4 is 19.6 Å². The number of halogens is 1. The lowest BCUT2D eigenvalue weighted by Gasteiger charge is -2.24. The minimum Gasteiger partial charge on any atom is -0.485 e. The Morgan fingerprint density at radius 1 is 1.12 bits per heavy atom. The first-order valence-electron chi connectivity index (χ1n) is 9.88. The molecule has 1 aliphatic heterocycles. The fourth-order valence-corrected chi connectivity index (χ4v) is 3.36. The monoisotopic (exact) mass is 525 g/mol. The topological polar surface area (TPSA) is 129 Å². The maximum Gasteiger partial charge on any atom is 0.343 e. The number of ether oxygens (including phenoxy) is 3. The quantitative estimate of drug-likeness (QED) is 0.170. The van der Waals surface area contributed by atoms with Crippen molar-refractivity contribution in [1.82, 2.24) is 5.43 Å². The Hall–Kier alpha value is -4.25. The van der Waals surface area contributed by atoms with Crippen molar-refractivity contribution in [3.63, 3.8) is 0 Å². The molecule has 1 N–H and O–H groups in total. The van der Waals surface area contributed by atoms with E-state index >= 15 is 0 Å². The van der Waals surface area contributed by atoms with Crippen molar-refractivity contribution >= 4 is 39.7 Å². The second-order valence-corrected chi connectivity index (χ2v) is 7.89. The number of nitro groups is 1. The summed E-state index contributed by atoms with van der Waals surface area (Å²) in [6.45, 7) is 0.0351. The molecule has 11 heteroatoms. The van der Waals surface area contributed by atoms with Gasteiger partial charge in [-0.15, -0.1) is 0 Å². The number of esters is 1. The van der Waals surface area contributed by atoms with Crippen LogP contribution in [0.4, 0.5) is 5.69 Å². The summed E-state index contributed by atoms with van der Waals surface area (Å²) < 4.78 is 17.3. The van der Waals surface area contributed by atoms with Crippen molar-refractivity contribution in [1.29, 1.82) is 0 Å². The largest absolute Gasteiger partial charge is 0.485 e. The van der Waals surface area contributed by atoms with Gasteiger partial charge in [-0.1, -0.05) is 28.1 Å². The molecule has 0 aliphatic carbocycles. The molecule has 0 radical (unpaired) electrons. The van der Waals surface area contributed by atoms with Crippen LogP contribution in [0.1, 0.15) is 15.9 Å². The van der Waals surface area contributed by atoms with Crippen LogP contribution in [-0.4, -0.2) is 35.7 Å². The number of carbonyl (C=O) groups excluding carboxylic acids is 2. The third-order valence-corrected chi connectivity index (χ3v) is 5.16. The number of nitrogens with zero attached hydrogens (tertiary/aromatic N) is 2. The minimum atomic E-state index is -0.881. The van der Waals surface area contributed by atoms with Crippen molar-refractivity contribution in [3.05, 3.63) is 92.4 Å². The normalized spacial score (nSPS) is 14.4. The minimum absolute atomic E-state index is 0.0351. The number of para-hydroxylation sites is 2. The van der Waals surface area contributed by atoms with Crippen molar-refractivity contribution in [3.8, 4) is 17.2 Å². The van der Waals surface area contributed by atoms with Gasteiger partial charge in [0, 0.05) is 22.2 Å². The van der Waals surface area contributed by atoms with Gasteiger partial charge in [0.15, 0.2) is 11.5 Å². The summed E-state index contributed by atoms with van der Waals surface area (Å²) in [4.78, 5) is 35.1. The van der Waals surface area contributed by atoms with Crippen molar-refractivity contribution < 1.29 is 28.7 Å². The number of benzene rings is 3. The lowest BCUT2D eigenvalue weighted by molar-refractivity contribution is -0.384. The maximum absolute atomic E-state index is 12.5. The van der Waals surface area contributed by atoms with Gasteiger partial charge in [0.05, 0.1) is 16.7 Å². The molecule has 1 heterocycles. The van der Waals surface area contributed by atoms with E-state index in [0.717, 1.165) is 0 Å². The SMILES string of the molecule is O=C(Oc1ccc(Br)cc1C=NNC(=O)C1COc2ccccc2O1)c1ccc([N+](=O)[O-])cc1. The average molecular weight is 526 g/mol. The highest BCUT2D eigenvalue weighted by Crippen LogP contribution is 2.31. The van der Waals surface area contributed by atoms with E-state index in [1.807, 2.05) is 0 Å². The fourth-order valence-electron chi connectivity index (χ4n) is 2.98. The number of amides is 1. The molecule has 0 bridgehead atoms. The molecule has 4 rings (SSSR count). The fraction of sp³-hybridized carbons (Fsp3) is 0.0870. The number of fused-ring (bicyclic) bond motifs is 1. The molecule has 0 saturated carbocycles. The maximum atomic E-state index is 12.5. The highest BCUT2D eigenvalue weighted by atomic mass is 79.9. The lowest BCUT2D eigenvalue weighted by Crippen LogP contribution is -2.42. The van der Waals surface area contributed by atoms with E-state index in [-0.39, 0.29) is 23.6 Å². The van der Waals surface area contributed by atoms with Crippen LogP contribution in [-0.2, 0) is 4.79 Å². The predicted octanol–water partition coefficient (Wildman–Crippen LogP) is 3.87. The Balaban J connectivity index is 1.42.